The lowest BCUT2D eigenvalue weighted by Gasteiger charge is -2.18. The molecule has 1 amide bonds. The zero-order valence-electron chi connectivity index (χ0n) is 14.6. The monoisotopic (exact) mass is 347 g/mol. The van der Waals surface area contributed by atoms with Crippen LogP contribution in [0.3, 0.4) is 0 Å². The molecule has 5 nitrogen and oxygen atoms in total. The molecule has 0 aliphatic carbocycles. The Labute approximate surface area is 153 Å². The van der Waals surface area contributed by atoms with E-state index < -0.39 is 0 Å². The first-order chi connectivity index (χ1) is 12.7. The molecule has 0 unspecified atom stereocenters. The Morgan fingerprint density at radius 1 is 1.00 bits per heavy atom. The first-order valence-electron chi connectivity index (χ1n) is 8.39. The number of rotatable bonds is 7. The molecule has 0 spiro atoms. The fourth-order valence-corrected chi connectivity index (χ4v) is 2.49. The van der Waals surface area contributed by atoms with Gasteiger partial charge in [0.2, 0.25) is 0 Å². The standard InChI is InChI=1S/C21H21N3O2/c1-24(15-17-8-4-2-5-9-17)20-13-12-18(14-22-20)23-21(25)16-26-19-10-6-3-7-11-19/h2-14H,15-16H2,1H3,(H,23,25). The van der Waals surface area contributed by atoms with E-state index in [1.807, 2.05) is 67.7 Å². The van der Waals surface area contributed by atoms with E-state index in [0.717, 1.165) is 12.4 Å². The number of para-hydroxylation sites is 1. The Bertz CT molecular complexity index is 821. The molecular weight excluding hydrogens is 326 g/mol. The summed E-state index contributed by atoms with van der Waals surface area (Å²) in [5.41, 5.74) is 1.86. The van der Waals surface area contributed by atoms with Crippen molar-refractivity contribution in [1.82, 2.24) is 4.98 Å². The normalized spacial score (nSPS) is 10.2. The third kappa shape index (κ3) is 5.08. The van der Waals surface area contributed by atoms with Gasteiger partial charge in [0.15, 0.2) is 6.61 Å². The van der Waals surface area contributed by atoms with Crippen LogP contribution in [0.2, 0.25) is 0 Å². The van der Waals surface area contributed by atoms with Crippen LogP contribution in [0.15, 0.2) is 79.0 Å². The van der Waals surface area contributed by atoms with Gasteiger partial charge >= 0.3 is 0 Å². The molecule has 0 radical (unpaired) electrons. The molecule has 1 N–H and O–H groups in total. The number of nitrogens with zero attached hydrogens (tertiary/aromatic N) is 2. The second-order valence-electron chi connectivity index (χ2n) is 5.90. The highest BCUT2D eigenvalue weighted by Gasteiger charge is 2.06. The quantitative estimate of drug-likeness (QED) is 0.707. The van der Waals surface area contributed by atoms with Gasteiger partial charge in [0.25, 0.3) is 5.91 Å². The van der Waals surface area contributed by atoms with Gasteiger partial charge in [-0.1, -0.05) is 48.5 Å². The van der Waals surface area contributed by atoms with Crippen LogP contribution in [-0.2, 0) is 11.3 Å². The summed E-state index contributed by atoms with van der Waals surface area (Å²) < 4.78 is 5.43. The Morgan fingerprint density at radius 2 is 1.69 bits per heavy atom. The van der Waals surface area contributed by atoms with Crippen molar-refractivity contribution in [3.8, 4) is 5.75 Å². The van der Waals surface area contributed by atoms with Crippen molar-refractivity contribution in [3.05, 3.63) is 84.6 Å². The summed E-state index contributed by atoms with van der Waals surface area (Å²) in [6.07, 6.45) is 1.65. The van der Waals surface area contributed by atoms with E-state index in [2.05, 4.69) is 27.3 Å². The summed E-state index contributed by atoms with van der Waals surface area (Å²) in [5, 5.41) is 2.78. The average molecular weight is 347 g/mol. The summed E-state index contributed by atoms with van der Waals surface area (Å²) >= 11 is 0. The van der Waals surface area contributed by atoms with Gasteiger partial charge < -0.3 is 15.0 Å². The molecule has 0 fully saturated rings. The lowest BCUT2D eigenvalue weighted by molar-refractivity contribution is -0.118. The highest BCUT2D eigenvalue weighted by atomic mass is 16.5. The average Bonchev–Trinajstić information content (AvgIpc) is 2.68. The van der Waals surface area contributed by atoms with E-state index in [1.54, 1.807) is 6.20 Å². The first-order valence-corrected chi connectivity index (χ1v) is 8.39. The minimum absolute atomic E-state index is 0.0420. The third-order valence-corrected chi connectivity index (χ3v) is 3.80. The van der Waals surface area contributed by atoms with Crippen LogP contribution in [0.25, 0.3) is 0 Å². The third-order valence-electron chi connectivity index (χ3n) is 3.80. The molecular formula is C21H21N3O2. The van der Waals surface area contributed by atoms with Gasteiger partial charge in [0, 0.05) is 13.6 Å². The molecule has 3 rings (SSSR count). The highest BCUT2D eigenvalue weighted by Crippen LogP contribution is 2.15. The van der Waals surface area contributed by atoms with Gasteiger partial charge in [-0.05, 0) is 29.8 Å². The van der Waals surface area contributed by atoms with E-state index in [0.29, 0.717) is 11.4 Å². The van der Waals surface area contributed by atoms with Crippen LogP contribution >= 0.6 is 0 Å². The van der Waals surface area contributed by atoms with Crippen molar-refractivity contribution in [2.24, 2.45) is 0 Å². The minimum atomic E-state index is -0.221. The number of ether oxygens (including phenoxy) is 1. The zero-order chi connectivity index (χ0) is 18.2. The molecule has 0 saturated carbocycles. The van der Waals surface area contributed by atoms with E-state index in [9.17, 15) is 4.79 Å². The smallest absolute Gasteiger partial charge is 0.262 e. The maximum absolute atomic E-state index is 12.0. The topological polar surface area (TPSA) is 54.5 Å². The van der Waals surface area contributed by atoms with E-state index in [4.69, 9.17) is 4.74 Å². The van der Waals surface area contributed by atoms with Crippen LogP contribution in [-0.4, -0.2) is 24.5 Å². The SMILES string of the molecule is CN(Cc1ccccc1)c1ccc(NC(=O)COc2ccccc2)cn1. The van der Waals surface area contributed by atoms with Gasteiger partial charge in [-0.15, -0.1) is 0 Å². The summed E-state index contributed by atoms with van der Waals surface area (Å²) in [4.78, 5) is 18.4. The number of anilines is 2. The summed E-state index contributed by atoms with van der Waals surface area (Å²) in [7, 11) is 1.99. The molecule has 0 atom stereocenters. The Balaban J connectivity index is 1.51. The Kier molecular flexibility index (Phi) is 5.83. The maximum atomic E-state index is 12.0. The second kappa shape index (κ2) is 8.67. The van der Waals surface area contributed by atoms with Crippen LogP contribution in [0.4, 0.5) is 11.5 Å². The number of hydrogen-bond acceptors (Lipinski definition) is 4. The van der Waals surface area contributed by atoms with Gasteiger partial charge in [-0.25, -0.2) is 4.98 Å². The van der Waals surface area contributed by atoms with E-state index >= 15 is 0 Å². The Hall–Kier alpha value is -3.34. The number of amides is 1. The van der Waals surface area contributed by atoms with Gasteiger partial charge in [0.1, 0.15) is 11.6 Å². The maximum Gasteiger partial charge on any atom is 0.262 e. The summed E-state index contributed by atoms with van der Waals surface area (Å²) in [5.74, 6) is 1.28. The van der Waals surface area contributed by atoms with Crippen LogP contribution in [0.5, 0.6) is 5.75 Å². The van der Waals surface area contributed by atoms with Crippen molar-refractivity contribution in [3.63, 3.8) is 0 Å². The van der Waals surface area contributed by atoms with Gasteiger partial charge in [-0.2, -0.15) is 0 Å². The van der Waals surface area contributed by atoms with Crippen LogP contribution in [0.1, 0.15) is 5.56 Å². The fraction of sp³-hybridized carbons (Fsp3) is 0.143. The number of carbonyl (C=O) groups is 1. The summed E-state index contributed by atoms with van der Waals surface area (Å²) in [6, 6.07) is 23.2. The molecule has 132 valence electrons. The lowest BCUT2D eigenvalue weighted by Crippen LogP contribution is -2.21. The number of hydrogen-bond donors (Lipinski definition) is 1. The predicted octanol–water partition coefficient (Wildman–Crippen LogP) is 3.74. The van der Waals surface area contributed by atoms with Crippen LogP contribution in [0, 0.1) is 0 Å². The highest BCUT2D eigenvalue weighted by molar-refractivity contribution is 5.91. The minimum Gasteiger partial charge on any atom is -0.484 e. The molecule has 0 bridgehead atoms. The first kappa shape index (κ1) is 17.5. The van der Waals surface area contributed by atoms with Crippen molar-refractivity contribution in [2.45, 2.75) is 6.54 Å². The second-order valence-corrected chi connectivity index (χ2v) is 5.90. The summed E-state index contributed by atoms with van der Waals surface area (Å²) in [6.45, 7) is 0.726. The molecule has 5 heteroatoms. The molecule has 0 aliphatic rings. The fourth-order valence-electron chi connectivity index (χ4n) is 2.49. The lowest BCUT2D eigenvalue weighted by atomic mass is 10.2. The van der Waals surface area contributed by atoms with E-state index in [1.165, 1.54) is 5.56 Å². The van der Waals surface area contributed by atoms with E-state index in [-0.39, 0.29) is 12.5 Å². The predicted molar refractivity (Wildman–Crippen MR) is 103 cm³/mol. The van der Waals surface area contributed by atoms with Crippen molar-refractivity contribution in [2.75, 3.05) is 23.9 Å². The number of aromatic nitrogens is 1. The van der Waals surface area contributed by atoms with Crippen molar-refractivity contribution < 1.29 is 9.53 Å². The number of pyridine rings is 1. The number of carbonyl (C=O) groups excluding carboxylic acids is 1. The molecule has 1 heterocycles. The Morgan fingerprint density at radius 3 is 2.35 bits per heavy atom. The molecule has 2 aromatic carbocycles. The molecule has 26 heavy (non-hydrogen) atoms. The molecule has 1 aromatic heterocycles. The van der Waals surface area contributed by atoms with Crippen molar-refractivity contribution >= 4 is 17.4 Å². The number of benzene rings is 2. The molecule has 3 aromatic rings. The zero-order valence-corrected chi connectivity index (χ0v) is 14.6. The molecule has 0 aliphatic heterocycles. The van der Waals surface area contributed by atoms with Crippen molar-refractivity contribution in [1.29, 1.82) is 0 Å². The van der Waals surface area contributed by atoms with Gasteiger partial charge in [0.05, 0.1) is 11.9 Å². The van der Waals surface area contributed by atoms with Crippen LogP contribution < -0.4 is 15.0 Å². The van der Waals surface area contributed by atoms with Gasteiger partial charge in [-0.3, -0.25) is 4.79 Å². The molecule has 0 saturated heterocycles. The largest absolute Gasteiger partial charge is 0.484 e. The number of nitrogens with one attached hydrogen (secondary N) is 1.